The highest BCUT2D eigenvalue weighted by atomic mass is 32.2. The summed E-state index contributed by atoms with van der Waals surface area (Å²) in [5.41, 5.74) is 2.24. The molecule has 0 unspecified atom stereocenters. The summed E-state index contributed by atoms with van der Waals surface area (Å²) >= 11 is 0. The first-order valence-electron chi connectivity index (χ1n) is 7.16. The number of sulfone groups is 1. The number of hydrogen-bond donors (Lipinski definition) is 1. The van der Waals surface area contributed by atoms with Gasteiger partial charge in [0.25, 0.3) is 0 Å². The molecule has 0 radical (unpaired) electrons. The zero-order chi connectivity index (χ0) is 15.7. The highest BCUT2D eigenvalue weighted by molar-refractivity contribution is 7.90. The van der Waals surface area contributed by atoms with E-state index in [0.29, 0.717) is 6.54 Å². The molecule has 4 nitrogen and oxygen atoms in total. The number of nitrogens with zero attached hydrogens (tertiary/aromatic N) is 1. The van der Waals surface area contributed by atoms with E-state index in [2.05, 4.69) is 42.8 Å². The molecule has 0 atom stereocenters. The maximum Gasteiger partial charge on any atom is 0.149 e. The highest BCUT2D eigenvalue weighted by Gasteiger charge is 2.14. The topological polar surface area (TPSA) is 51.1 Å². The summed E-state index contributed by atoms with van der Waals surface area (Å²) in [6, 6.07) is 10.2. The normalized spacial score (nSPS) is 13.0. The third-order valence-electron chi connectivity index (χ3n) is 3.38. The minimum atomic E-state index is -2.97. The fourth-order valence-electron chi connectivity index (χ4n) is 2.29. The van der Waals surface area contributed by atoms with Crippen LogP contribution in [0.25, 0.3) is 10.9 Å². The van der Waals surface area contributed by atoms with Crippen LogP contribution in [0.4, 0.5) is 0 Å². The molecule has 116 valence electrons. The van der Waals surface area contributed by atoms with Crippen molar-refractivity contribution in [3.05, 3.63) is 36.0 Å². The number of aryl methyl sites for hydroxylation is 1. The summed E-state index contributed by atoms with van der Waals surface area (Å²) < 4.78 is 25.0. The second kappa shape index (κ2) is 5.81. The van der Waals surface area contributed by atoms with Gasteiger partial charge in [-0.3, -0.25) is 0 Å². The van der Waals surface area contributed by atoms with Crippen LogP contribution in [0.15, 0.2) is 30.3 Å². The van der Waals surface area contributed by atoms with E-state index in [1.807, 2.05) is 18.2 Å². The van der Waals surface area contributed by atoms with Gasteiger partial charge in [-0.25, -0.2) is 8.42 Å². The molecule has 5 heteroatoms. The van der Waals surface area contributed by atoms with Crippen LogP contribution in [-0.2, 0) is 22.9 Å². The number of aromatic nitrogens is 1. The van der Waals surface area contributed by atoms with Gasteiger partial charge in [0.15, 0.2) is 0 Å². The Morgan fingerprint density at radius 1 is 1.19 bits per heavy atom. The molecule has 0 bridgehead atoms. The first-order chi connectivity index (χ1) is 9.66. The summed E-state index contributed by atoms with van der Waals surface area (Å²) in [5, 5.41) is 4.62. The zero-order valence-corrected chi connectivity index (χ0v) is 14.0. The fraction of sp³-hybridized carbons (Fsp3) is 0.500. The summed E-state index contributed by atoms with van der Waals surface area (Å²) in [6.07, 6.45) is 1.28. The van der Waals surface area contributed by atoms with Crippen molar-refractivity contribution in [2.75, 3.05) is 12.0 Å². The molecular weight excluding hydrogens is 284 g/mol. The zero-order valence-electron chi connectivity index (χ0n) is 13.2. The van der Waals surface area contributed by atoms with Crippen molar-refractivity contribution < 1.29 is 8.42 Å². The lowest BCUT2D eigenvalue weighted by Crippen LogP contribution is -2.35. The maximum atomic E-state index is 11.5. The van der Waals surface area contributed by atoms with E-state index in [9.17, 15) is 8.42 Å². The Labute approximate surface area is 127 Å². The van der Waals surface area contributed by atoms with E-state index in [4.69, 9.17) is 0 Å². The Balaban J connectivity index is 2.34. The molecule has 0 aliphatic rings. The maximum absolute atomic E-state index is 11.5. The third kappa shape index (κ3) is 4.58. The minimum absolute atomic E-state index is 0.0259. The SMILES string of the molecule is CC(C)(C)NCc1cc2ccccc2n1CCS(C)(=O)=O. The van der Waals surface area contributed by atoms with Crippen LogP contribution >= 0.6 is 0 Å². The molecule has 1 aromatic carbocycles. The van der Waals surface area contributed by atoms with Crippen molar-refractivity contribution in [2.24, 2.45) is 0 Å². The van der Waals surface area contributed by atoms with E-state index in [1.54, 1.807) is 0 Å². The first kappa shape index (κ1) is 16.0. The number of fused-ring (bicyclic) bond motifs is 1. The minimum Gasteiger partial charge on any atom is -0.342 e. The monoisotopic (exact) mass is 308 g/mol. The van der Waals surface area contributed by atoms with Crippen LogP contribution in [0, 0.1) is 0 Å². The molecule has 1 heterocycles. The Morgan fingerprint density at radius 3 is 2.48 bits per heavy atom. The average Bonchev–Trinajstić information content (AvgIpc) is 2.70. The molecular formula is C16H24N2O2S. The van der Waals surface area contributed by atoms with E-state index in [1.165, 1.54) is 6.26 Å². The van der Waals surface area contributed by atoms with E-state index >= 15 is 0 Å². The van der Waals surface area contributed by atoms with Gasteiger partial charge < -0.3 is 9.88 Å². The molecule has 2 aromatic rings. The molecule has 0 saturated carbocycles. The lowest BCUT2D eigenvalue weighted by atomic mass is 10.1. The van der Waals surface area contributed by atoms with E-state index < -0.39 is 9.84 Å². The number of rotatable bonds is 5. The second-order valence-corrected chi connectivity index (χ2v) is 8.84. The molecule has 0 fully saturated rings. The van der Waals surface area contributed by atoms with Gasteiger partial charge in [-0.1, -0.05) is 18.2 Å². The Kier molecular flexibility index (Phi) is 4.44. The first-order valence-corrected chi connectivity index (χ1v) is 9.22. The largest absolute Gasteiger partial charge is 0.342 e. The van der Waals surface area contributed by atoms with Gasteiger partial charge in [-0.05, 0) is 38.3 Å². The molecule has 0 spiro atoms. The Morgan fingerprint density at radius 2 is 1.86 bits per heavy atom. The Bertz CT molecular complexity index is 724. The van der Waals surface area contributed by atoms with Crippen LogP contribution in [0.5, 0.6) is 0 Å². The van der Waals surface area contributed by atoms with Crippen LogP contribution < -0.4 is 5.32 Å². The lowest BCUT2D eigenvalue weighted by molar-refractivity contribution is 0.417. The summed E-state index contributed by atoms with van der Waals surface area (Å²) in [6.45, 7) is 7.58. The van der Waals surface area contributed by atoms with Gasteiger partial charge in [0.1, 0.15) is 9.84 Å². The summed E-state index contributed by atoms with van der Waals surface area (Å²) in [4.78, 5) is 0. The molecule has 2 rings (SSSR count). The second-order valence-electron chi connectivity index (χ2n) is 6.58. The Hall–Kier alpha value is -1.33. The number of nitrogens with one attached hydrogen (secondary N) is 1. The molecule has 0 amide bonds. The van der Waals surface area contributed by atoms with Gasteiger partial charge in [0, 0.05) is 36.1 Å². The molecule has 21 heavy (non-hydrogen) atoms. The summed E-state index contributed by atoms with van der Waals surface area (Å²) in [5.74, 6) is 0.161. The fourth-order valence-corrected chi connectivity index (χ4v) is 2.81. The van der Waals surface area contributed by atoms with Crippen LogP contribution in [0.3, 0.4) is 0 Å². The van der Waals surface area contributed by atoms with Crippen LogP contribution in [-0.4, -0.2) is 30.5 Å². The van der Waals surface area contributed by atoms with Crippen molar-refractivity contribution >= 4 is 20.7 Å². The van der Waals surface area contributed by atoms with Gasteiger partial charge >= 0.3 is 0 Å². The number of benzene rings is 1. The molecule has 1 aromatic heterocycles. The van der Waals surface area contributed by atoms with Crippen molar-refractivity contribution in [2.45, 2.75) is 39.4 Å². The predicted molar refractivity (Wildman–Crippen MR) is 88.2 cm³/mol. The van der Waals surface area contributed by atoms with Crippen molar-refractivity contribution in [1.29, 1.82) is 0 Å². The van der Waals surface area contributed by atoms with Crippen molar-refractivity contribution in [3.63, 3.8) is 0 Å². The van der Waals surface area contributed by atoms with E-state index in [-0.39, 0.29) is 11.3 Å². The van der Waals surface area contributed by atoms with Crippen LogP contribution in [0.1, 0.15) is 26.5 Å². The van der Waals surface area contributed by atoms with Gasteiger partial charge in [0.2, 0.25) is 0 Å². The third-order valence-corrected chi connectivity index (χ3v) is 4.31. The van der Waals surface area contributed by atoms with E-state index in [0.717, 1.165) is 23.1 Å². The average molecular weight is 308 g/mol. The summed E-state index contributed by atoms with van der Waals surface area (Å²) in [7, 11) is -2.97. The standard InChI is InChI=1S/C16H24N2O2S/c1-16(2,3)17-12-14-11-13-7-5-6-8-15(13)18(14)9-10-21(4,19)20/h5-8,11,17H,9-10,12H2,1-4H3. The van der Waals surface area contributed by atoms with Gasteiger partial charge in [-0.2, -0.15) is 0 Å². The van der Waals surface area contributed by atoms with Crippen LogP contribution in [0.2, 0.25) is 0 Å². The van der Waals surface area contributed by atoms with Crippen molar-refractivity contribution in [1.82, 2.24) is 9.88 Å². The van der Waals surface area contributed by atoms with Crippen molar-refractivity contribution in [3.8, 4) is 0 Å². The lowest BCUT2D eigenvalue weighted by Gasteiger charge is -2.21. The quantitative estimate of drug-likeness (QED) is 0.923. The molecule has 0 saturated heterocycles. The molecule has 1 N–H and O–H groups in total. The predicted octanol–water partition coefficient (Wildman–Crippen LogP) is 2.57. The number of hydrogen-bond acceptors (Lipinski definition) is 3. The molecule has 0 aliphatic heterocycles. The number of para-hydroxylation sites is 1. The smallest absolute Gasteiger partial charge is 0.149 e. The highest BCUT2D eigenvalue weighted by Crippen LogP contribution is 2.20. The molecule has 0 aliphatic carbocycles. The van der Waals surface area contributed by atoms with Gasteiger partial charge in [0.05, 0.1) is 5.75 Å². The van der Waals surface area contributed by atoms with Gasteiger partial charge in [-0.15, -0.1) is 0 Å².